The van der Waals surface area contributed by atoms with Crippen LogP contribution in [-0.2, 0) is 16.1 Å². The van der Waals surface area contributed by atoms with Crippen molar-refractivity contribution < 1.29 is 55.9 Å². The number of aromatic nitrogens is 3. The molecule has 0 saturated carbocycles. The number of amides is 1. The van der Waals surface area contributed by atoms with Gasteiger partial charge in [-0.05, 0) is 58.7 Å². The summed E-state index contributed by atoms with van der Waals surface area (Å²) in [4.78, 5) is 27.2. The second-order valence-electron chi connectivity index (χ2n) is 11.5. The SMILES string of the molecule is COc1cc([C@@H]2c3cc4c(cc3[C@@H](NC(=O)c3cn(Cc5cccc(OC(F)(F)F)c5)nn3)[C@H]3COC(=O)[C@H]23)OCO4)cc(OC)c1OC. The molecule has 1 N–H and O–H groups in total. The lowest BCUT2D eigenvalue weighted by molar-refractivity contribution is -0.274. The molecule has 0 spiro atoms. The summed E-state index contributed by atoms with van der Waals surface area (Å²) in [5.41, 5.74) is 2.48. The van der Waals surface area contributed by atoms with Crippen LogP contribution in [0.15, 0.2) is 54.7 Å². The molecular weight excluding hydrogens is 653 g/mol. The summed E-state index contributed by atoms with van der Waals surface area (Å²) in [6.07, 6.45) is -3.46. The maximum atomic E-state index is 13.7. The van der Waals surface area contributed by atoms with Gasteiger partial charge in [-0.15, -0.1) is 18.3 Å². The molecule has 1 aliphatic carbocycles. The van der Waals surface area contributed by atoms with E-state index in [2.05, 4.69) is 20.4 Å². The van der Waals surface area contributed by atoms with Gasteiger partial charge in [0, 0.05) is 11.8 Å². The highest BCUT2D eigenvalue weighted by atomic mass is 19.4. The van der Waals surface area contributed by atoms with E-state index in [1.807, 2.05) is 0 Å². The number of ether oxygens (including phenoxy) is 7. The third kappa shape index (κ3) is 5.98. The summed E-state index contributed by atoms with van der Waals surface area (Å²) in [5, 5.41) is 11.0. The van der Waals surface area contributed by atoms with Crippen LogP contribution in [0.25, 0.3) is 0 Å². The fraction of sp³-hybridized carbons (Fsp3) is 0.333. The molecule has 3 aliphatic rings. The normalized spacial score (nSPS) is 20.6. The van der Waals surface area contributed by atoms with Gasteiger partial charge in [0.05, 0.1) is 52.6 Å². The molecule has 0 radical (unpaired) electrons. The van der Waals surface area contributed by atoms with Crippen molar-refractivity contribution in [1.29, 1.82) is 0 Å². The first-order valence-corrected chi connectivity index (χ1v) is 15.0. The molecule has 7 rings (SSSR count). The van der Waals surface area contributed by atoms with Crippen LogP contribution in [0.2, 0.25) is 0 Å². The van der Waals surface area contributed by atoms with Crippen molar-refractivity contribution in [3.8, 4) is 34.5 Å². The van der Waals surface area contributed by atoms with Gasteiger partial charge in [0.1, 0.15) is 5.75 Å². The number of esters is 1. The van der Waals surface area contributed by atoms with Crippen LogP contribution < -0.4 is 33.7 Å². The largest absolute Gasteiger partial charge is 0.573 e. The first-order chi connectivity index (χ1) is 23.6. The zero-order valence-electron chi connectivity index (χ0n) is 26.3. The third-order valence-corrected chi connectivity index (χ3v) is 8.77. The van der Waals surface area contributed by atoms with Gasteiger partial charge in [-0.1, -0.05) is 17.3 Å². The molecule has 1 aromatic heterocycles. The molecule has 4 atom stereocenters. The Morgan fingerprint density at radius 2 is 1.69 bits per heavy atom. The van der Waals surface area contributed by atoms with Crippen LogP contribution in [0.1, 0.15) is 44.7 Å². The minimum Gasteiger partial charge on any atom is -0.493 e. The Bertz CT molecular complexity index is 1910. The highest BCUT2D eigenvalue weighted by Crippen LogP contribution is 2.55. The predicted octanol–water partition coefficient (Wildman–Crippen LogP) is 4.39. The van der Waals surface area contributed by atoms with Crippen molar-refractivity contribution in [1.82, 2.24) is 20.3 Å². The maximum Gasteiger partial charge on any atom is 0.573 e. The summed E-state index contributed by atoms with van der Waals surface area (Å²) >= 11 is 0. The number of alkyl halides is 3. The summed E-state index contributed by atoms with van der Waals surface area (Å²) < 4.78 is 77.1. The highest BCUT2D eigenvalue weighted by Gasteiger charge is 2.53. The lowest BCUT2D eigenvalue weighted by Gasteiger charge is -2.39. The molecule has 256 valence electrons. The van der Waals surface area contributed by atoms with Crippen molar-refractivity contribution in [2.45, 2.75) is 24.9 Å². The number of nitrogens with one attached hydrogen (secondary N) is 1. The first-order valence-electron chi connectivity index (χ1n) is 15.0. The molecule has 3 aromatic carbocycles. The molecule has 3 heterocycles. The fourth-order valence-electron chi connectivity index (χ4n) is 6.75. The summed E-state index contributed by atoms with van der Waals surface area (Å²) in [7, 11) is 4.50. The van der Waals surface area contributed by atoms with E-state index in [1.165, 1.54) is 50.4 Å². The number of benzene rings is 3. The van der Waals surface area contributed by atoms with Crippen LogP contribution in [0.5, 0.6) is 34.5 Å². The van der Waals surface area contributed by atoms with E-state index in [4.69, 9.17) is 28.4 Å². The van der Waals surface area contributed by atoms with Gasteiger partial charge in [0.15, 0.2) is 28.7 Å². The quantitative estimate of drug-likeness (QED) is 0.252. The van der Waals surface area contributed by atoms with Gasteiger partial charge in [0.2, 0.25) is 12.5 Å². The monoisotopic (exact) mass is 682 g/mol. The molecule has 1 saturated heterocycles. The Hall–Kier alpha value is -5.67. The van der Waals surface area contributed by atoms with Crippen LogP contribution in [-0.4, -0.2) is 68.0 Å². The number of hydrogen-bond acceptors (Lipinski definition) is 11. The van der Waals surface area contributed by atoms with Crippen molar-refractivity contribution in [2.24, 2.45) is 11.8 Å². The van der Waals surface area contributed by atoms with Crippen molar-refractivity contribution in [2.75, 3.05) is 34.7 Å². The number of cyclic esters (lactones) is 1. The Balaban J connectivity index is 1.22. The molecule has 16 heteroatoms. The average Bonchev–Trinajstić information content (AvgIpc) is 3.83. The number of carbonyl (C=O) groups excluding carboxylic acids is 2. The highest BCUT2D eigenvalue weighted by molar-refractivity contribution is 5.92. The zero-order valence-corrected chi connectivity index (χ0v) is 26.3. The topological polar surface area (TPSA) is 141 Å². The van der Waals surface area contributed by atoms with E-state index in [-0.39, 0.29) is 31.4 Å². The van der Waals surface area contributed by atoms with Crippen molar-refractivity contribution >= 4 is 11.9 Å². The standard InChI is InChI=1S/C33H29F3N4O9/c1-43-25-8-17(9-26(44-2)30(25)45-3)27-19-10-23-24(48-15-47-23)11-20(19)29(21-14-46-32(42)28(21)27)37-31(41)22-13-40(39-38-22)12-16-5-4-6-18(7-16)49-33(34,35)36/h4-11,13,21,27-29H,12,14-15H2,1-3H3,(H,37,41)/t21-,27+,28-,29+/m0/s1. The molecule has 1 amide bonds. The summed E-state index contributed by atoms with van der Waals surface area (Å²) in [6, 6.07) is 11.9. The van der Waals surface area contributed by atoms with E-state index in [9.17, 15) is 22.8 Å². The summed E-state index contributed by atoms with van der Waals surface area (Å²) in [6.45, 7) is 0.0637. The fourth-order valence-corrected chi connectivity index (χ4v) is 6.75. The molecule has 0 bridgehead atoms. The molecule has 13 nitrogen and oxygen atoms in total. The third-order valence-electron chi connectivity index (χ3n) is 8.77. The second kappa shape index (κ2) is 12.4. The molecule has 1 fully saturated rings. The summed E-state index contributed by atoms with van der Waals surface area (Å²) in [5.74, 6) is -1.01. The van der Waals surface area contributed by atoms with Gasteiger partial charge in [0.25, 0.3) is 5.91 Å². The first kappa shape index (κ1) is 31.9. The lowest BCUT2D eigenvalue weighted by atomic mass is 9.65. The second-order valence-corrected chi connectivity index (χ2v) is 11.5. The Morgan fingerprint density at radius 3 is 2.37 bits per heavy atom. The average molecular weight is 683 g/mol. The van der Waals surface area contributed by atoms with Crippen LogP contribution >= 0.6 is 0 Å². The van der Waals surface area contributed by atoms with E-state index in [1.54, 1.807) is 30.3 Å². The van der Waals surface area contributed by atoms with E-state index < -0.39 is 42.0 Å². The maximum absolute atomic E-state index is 13.7. The number of rotatable bonds is 9. The molecular formula is C33H29F3N4O9. The minimum absolute atomic E-state index is 0.00728. The van der Waals surface area contributed by atoms with Crippen molar-refractivity contribution in [3.05, 3.63) is 82.7 Å². The molecule has 0 unspecified atom stereocenters. The molecule has 2 aliphatic heterocycles. The van der Waals surface area contributed by atoms with Crippen LogP contribution in [0.4, 0.5) is 13.2 Å². The Kier molecular flexibility index (Phi) is 8.08. The van der Waals surface area contributed by atoms with Crippen LogP contribution in [0.3, 0.4) is 0 Å². The predicted molar refractivity (Wildman–Crippen MR) is 161 cm³/mol. The van der Waals surface area contributed by atoms with Gasteiger partial charge in [-0.25, -0.2) is 4.68 Å². The smallest absolute Gasteiger partial charge is 0.493 e. The van der Waals surface area contributed by atoms with E-state index in [0.29, 0.717) is 51.0 Å². The van der Waals surface area contributed by atoms with Crippen molar-refractivity contribution in [3.63, 3.8) is 0 Å². The number of halogens is 3. The minimum atomic E-state index is -4.84. The molecule has 49 heavy (non-hydrogen) atoms. The Labute approximate surface area is 276 Å². The van der Waals surface area contributed by atoms with Gasteiger partial charge in [-0.2, -0.15) is 0 Å². The zero-order chi connectivity index (χ0) is 34.4. The number of nitrogens with zero attached hydrogens (tertiary/aromatic N) is 3. The number of methoxy groups -OCH3 is 3. The number of hydrogen-bond donors (Lipinski definition) is 1. The van der Waals surface area contributed by atoms with Gasteiger partial charge in [-0.3, -0.25) is 9.59 Å². The van der Waals surface area contributed by atoms with Crippen LogP contribution in [0, 0.1) is 11.8 Å². The molecule has 4 aromatic rings. The number of carbonyl (C=O) groups is 2. The van der Waals surface area contributed by atoms with E-state index in [0.717, 1.165) is 0 Å². The lowest BCUT2D eigenvalue weighted by Crippen LogP contribution is -2.43. The Morgan fingerprint density at radius 1 is 0.980 bits per heavy atom. The number of fused-ring (bicyclic) bond motifs is 3. The van der Waals surface area contributed by atoms with Gasteiger partial charge >= 0.3 is 12.3 Å². The van der Waals surface area contributed by atoms with E-state index >= 15 is 0 Å². The van der Waals surface area contributed by atoms with Gasteiger partial charge < -0.3 is 38.5 Å².